The van der Waals surface area contributed by atoms with E-state index in [4.69, 9.17) is 5.73 Å². The van der Waals surface area contributed by atoms with Gasteiger partial charge in [-0.3, -0.25) is 24.1 Å². The summed E-state index contributed by atoms with van der Waals surface area (Å²) in [5.41, 5.74) is 7.98. The number of hydrogen-bond donors (Lipinski definition) is 2. The highest BCUT2D eigenvalue weighted by Crippen LogP contribution is 2.39. The molecule has 7 nitrogen and oxygen atoms in total. The van der Waals surface area contributed by atoms with Crippen molar-refractivity contribution in [2.45, 2.75) is 51.9 Å². The average molecular weight is 454 g/mol. The summed E-state index contributed by atoms with van der Waals surface area (Å²) in [4.78, 5) is 51.6. The number of amides is 4. The highest BCUT2D eigenvalue weighted by atomic mass is 32.1. The maximum Gasteiger partial charge on any atom is 0.261 e. The lowest BCUT2D eigenvalue weighted by Crippen LogP contribution is -2.30. The monoisotopic (exact) mass is 453 g/mol. The Kier molecular flexibility index (Phi) is 6.41. The second kappa shape index (κ2) is 9.24. The number of carbonyl (C=O) groups is 4. The van der Waals surface area contributed by atoms with Gasteiger partial charge >= 0.3 is 0 Å². The molecular weight excluding hydrogens is 426 g/mol. The van der Waals surface area contributed by atoms with Crippen molar-refractivity contribution in [3.05, 3.63) is 51.4 Å². The minimum Gasteiger partial charge on any atom is -0.365 e. The summed E-state index contributed by atoms with van der Waals surface area (Å²) >= 11 is 1.46. The maximum atomic E-state index is 12.5. The fraction of sp³-hybridized carbons (Fsp3) is 0.417. The van der Waals surface area contributed by atoms with E-state index in [0.29, 0.717) is 59.8 Å². The van der Waals surface area contributed by atoms with Crippen LogP contribution in [-0.2, 0) is 17.6 Å². The Balaban J connectivity index is 1.26. The molecule has 0 spiro atoms. The SMILES string of the molecule is C[C@@H]1CCc2c(sc(NC(=O)CCCCCN3C(=O)c4ccccc4C3=O)c2C(N)=O)C1. The molecule has 2 heterocycles. The Morgan fingerprint density at radius 1 is 1.12 bits per heavy atom. The van der Waals surface area contributed by atoms with E-state index in [9.17, 15) is 19.2 Å². The fourth-order valence-electron chi connectivity index (χ4n) is 4.46. The first-order valence-corrected chi connectivity index (χ1v) is 11.9. The van der Waals surface area contributed by atoms with Crippen LogP contribution in [0.15, 0.2) is 24.3 Å². The summed E-state index contributed by atoms with van der Waals surface area (Å²) in [7, 11) is 0. The van der Waals surface area contributed by atoms with Crippen molar-refractivity contribution in [1.29, 1.82) is 0 Å². The van der Waals surface area contributed by atoms with E-state index in [1.54, 1.807) is 24.3 Å². The van der Waals surface area contributed by atoms with Gasteiger partial charge in [0, 0.05) is 17.8 Å². The van der Waals surface area contributed by atoms with Crippen LogP contribution >= 0.6 is 11.3 Å². The predicted molar refractivity (Wildman–Crippen MR) is 123 cm³/mol. The van der Waals surface area contributed by atoms with Crippen molar-refractivity contribution < 1.29 is 19.2 Å². The topological polar surface area (TPSA) is 110 Å². The van der Waals surface area contributed by atoms with Gasteiger partial charge in [0.15, 0.2) is 0 Å². The molecule has 4 amide bonds. The van der Waals surface area contributed by atoms with Gasteiger partial charge in [0.1, 0.15) is 5.00 Å². The number of rotatable bonds is 8. The molecule has 1 aliphatic carbocycles. The molecule has 0 bridgehead atoms. The molecule has 168 valence electrons. The van der Waals surface area contributed by atoms with Crippen molar-refractivity contribution in [3.63, 3.8) is 0 Å². The van der Waals surface area contributed by atoms with E-state index in [0.717, 1.165) is 29.7 Å². The molecule has 1 aromatic carbocycles. The van der Waals surface area contributed by atoms with Crippen LogP contribution in [0.3, 0.4) is 0 Å². The number of anilines is 1. The summed E-state index contributed by atoms with van der Waals surface area (Å²) in [5, 5.41) is 3.44. The Morgan fingerprint density at radius 2 is 1.81 bits per heavy atom. The number of carbonyl (C=O) groups excluding carboxylic acids is 4. The van der Waals surface area contributed by atoms with Crippen LogP contribution < -0.4 is 11.1 Å². The Labute approximate surface area is 191 Å². The molecule has 0 saturated carbocycles. The number of hydrogen-bond acceptors (Lipinski definition) is 5. The second-order valence-electron chi connectivity index (χ2n) is 8.59. The molecule has 1 aromatic heterocycles. The lowest BCUT2D eigenvalue weighted by molar-refractivity contribution is -0.116. The molecule has 3 N–H and O–H groups in total. The average Bonchev–Trinajstić information content (AvgIpc) is 3.23. The number of primary amides is 1. The zero-order valence-electron chi connectivity index (χ0n) is 18.1. The Morgan fingerprint density at radius 3 is 2.47 bits per heavy atom. The largest absolute Gasteiger partial charge is 0.365 e. The molecule has 32 heavy (non-hydrogen) atoms. The molecule has 0 fully saturated rings. The van der Waals surface area contributed by atoms with Gasteiger partial charge in [-0.15, -0.1) is 11.3 Å². The number of thiophene rings is 1. The van der Waals surface area contributed by atoms with Gasteiger partial charge in [-0.25, -0.2) is 0 Å². The summed E-state index contributed by atoms with van der Waals surface area (Å²) in [5.74, 6) is -0.586. The zero-order chi connectivity index (χ0) is 22.8. The van der Waals surface area contributed by atoms with Gasteiger partial charge in [-0.2, -0.15) is 0 Å². The van der Waals surface area contributed by atoms with Crippen LogP contribution in [0.25, 0.3) is 0 Å². The van der Waals surface area contributed by atoms with E-state index < -0.39 is 5.91 Å². The van der Waals surface area contributed by atoms with Crippen molar-refractivity contribution >= 4 is 40.0 Å². The predicted octanol–water partition coefficient (Wildman–Crippen LogP) is 3.77. The van der Waals surface area contributed by atoms with Gasteiger partial charge in [0.25, 0.3) is 17.7 Å². The van der Waals surface area contributed by atoms with E-state index in [1.807, 2.05) is 0 Å². The molecular formula is C24H27N3O4S. The van der Waals surface area contributed by atoms with Gasteiger partial charge in [-0.05, 0) is 55.7 Å². The number of unbranched alkanes of at least 4 members (excludes halogenated alkanes) is 2. The highest BCUT2D eigenvalue weighted by molar-refractivity contribution is 7.17. The van der Waals surface area contributed by atoms with Crippen LogP contribution in [0.4, 0.5) is 5.00 Å². The van der Waals surface area contributed by atoms with E-state index in [2.05, 4.69) is 12.2 Å². The van der Waals surface area contributed by atoms with E-state index in [1.165, 1.54) is 16.2 Å². The van der Waals surface area contributed by atoms with Gasteiger partial charge in [0.2, 0.25) is 5.91 Å². The third-order valence-electron chi connectivity index (χ3n) is 6.17. The lowest BCUT2D eigenvalue weighted by atomic mass is 9.88. The van der Waals surface area contributed by atoms with Crippen molar-refractivity contribution in [2.24, 2.45) is 11.7 Å². The molecule has 2 aliphatic rings. The second-order valence-corrected chi connectivity index (χ2v) is 9.69. The van der Waals surface area contributed by atoms with Gasteiger partial charge in [0.05, 0.1) is 16.7 Å². The number of nitrogens with zero attached hydrogens (tertiary/aromatic N) is 1. The molecule has 0 saturated heterocycles. The molecule has 0 radical (unpaired) electrons. The third-order valence-corrected chi connectivity index (χ3v) is 7.34. The first-order valence-electron chi connectivity index (χ1n) is 11.1. The summed E-state index contributed by atoms with van der Waals surface area (Å²) in [6, 6.07) is 6.84. The zero-order valence-corrected chi connectivity index (χ0v) is 18.9. The normalized spacial score (nSPS) is 17.3. The van der Waals surface area contributed by atoms with E-state index in [-0.39, 0.29) is 17.7 Å². The van der Waals surface area contributed by atoms with Crippen molar-refractivity contribution in [2.75, 3.05) is 11.9 Å². The Hall–Kier alpha value is -3.00. The van der Waals surface area contributed by atoms with Crippen LogP contribution in [0.1, 0.15) is 80.5 Å². The number of benzene rings is 1. The van der Waals surface area contributed by atoms with Crippen molar-refractivity contribution in [1.82, 2.24) is 4.90 Å². The highest BCUT2D eigenvalue weighted by Gasteiger charge is 2.34. The number of nitrogens with one attached hydrogen (secondary N) is 1. The molecule has 1 atom stereocenters. The minimum absolute atomic E-state index is 0.153. The fourth-order valence-corrected chi connectivity index (χ4v) is 5.90. The minimum atomic E-state index is -0.492. The number of imide groups is 1. The lowest BCUT2D eigenvalue weighted by Gasteiger charge is -2.18. The molecule has 1 aliphatic heterocycles. The summed E-state index contributed by atoms with van der Waals surface area (Å²) in [6.45, 7) is 2.53. The first kappa shape index (κ1) is 22.2. The maximum absolute atomic E-state index is 12.5. The third kappa shape index (κ3) is 4.32. The van der Waals surface area contributed by atoms with Crippen LogP contribution in [0, 0.1) is 5.92 Å². The standard InChI is InChI=1S/C24H27N3O4S/c1-14-10-11-17-18(13-14)32-22(20(17)21(25)29)26-19(28)9-3-2-6-12-27-23(30)15-7-4-5-8-16(15)24(27)31/h4-5,7-8,14H,2-3,6,9-13H2,1H3,(H2,25,29)(H,26,28)/t14-/m1/s1. The quantitative estimate of drug-likeness (QED) is 0.468. The first-order chi connectivity index (χ1) is 15.4. The molecule has 0 unspecified atom stereocenters. The number of nitrogens with two attached hydrogens (primary N) is 1. The van der Waals surface area contributed by atoms with Crippen LogP contribution in [0.5, 0.6) is 0 Å². The van der Waals surface area contributed by atoms with Gasteiger partial charge < -0.3 is 11.1 Å². The van der Waals surface area contributed by atoms with Gasteiger partial charge in [-0.1, -0.05) is 25.5 Å². The molecule has 8 heteroatoms. The van der Waals surface area contributed by atoms with Crippen LogP contribution in [-0.4, -0.2) is 35.1 Å². The molecule has 2 aromatic rings. The van der Waals surface area contributed by atoms with E-state index >= 15 is 0 Å². The Bertz CT molecular complexity index is 1060. The smallest absolute Gasteiger partial charge is 0.261 e. The van der Waals surface area contributed by atoms with Crippen LogP contribution in [0.2, 0.25) is 0 Å². The summed E-state index contributed by atoms with van der Waals surface area (Å²) in [6.07, 6.45) is 5.03. The van der Waals surface area contributed by atoms with Crippen molar-refractivity contribution in [3.8, 4) is 0 Å². The number of fused-ring (bicyclic) bond motifs is 2. The summed E-state index contributed by atoms with van der Waals surface area (Å²) < 4.78 is 0. The molecule has 4 rings (SSSR count).